The van der Waals surface area contributed by atoms with Crippen molar-refractivity contribution in [2.75, 3.05) is 7.11 Å². The van der Waals surface area contributed by atoms with Gasteiger partial charge in [-0.2, -0.15) is 4.98 Å². The first kappa shape index (κ1) is 22.7. The summed E-state index contributed by atoms with van der Waals surface area (Å²) in [6, 6.07) is 9.84. The number of pyridine rings is 1. The minimum absolute atomic E-state index is 0.189. The Hall–Kier alpha value is -3.94. The number of hydrogen-bond donors (Lipinski definition) is 2. The lowest BCUT2D eigenvalue weighted by atomic mass is 9.72. The largest absolute Gasteiger partial charge is 0.495 e. The number of methoxy groups -OCH3 is 1. The molecule has 166 valence electrons. The Morgan fingerprint density at radius 3 is 2.56 bits per heavy atom. The lowest BCUT2D eigenvalue weighted by Gasteiger charge is -2.31. The Kier molecular flexibility index (Phi) is 6.73. The van der Waals surface area contributed by atoms with Crippen LogP contribution in [0.25, 0.3) is 17.0 Å². The van der Waals surface area contributed by atoms with Crippen molar-refractivity contribution in [2.24, 2.45) is 22.4 Å². The van der Waals surface area contributed by atoms with Crippen molar-refractivity contribution in [3.05, 3.63) is 78.3 Å². The second-order valence-electron chi connectivity index (χ2n) is 7.84. The van der Waals surface area contributed by atoms with E-state index >= 15 is 0 Å². The highest BCUT2D eigenvalue weighted by Gasteiger charge is 2.37. The second-order valence-corrected chi connectivity index (χ2v) is 7.84. The number of nitrogens with two attached hydrogens (primary N) is 2. The molecule has 3 rings (SSSR count). The van der Waals surface area contributed by atoms with Crippen LogP contribution in [-0.2, 0) is 5.41 Å². The molecule has 0 radical (unpaired) electrons. The van der Waals surface area contributed by atoms with Crippen LogP contribution in [0.5, 0.6) is 5.75 Å². The predicted octanol–water partition coefficient (Wildman–Crippen LogP) is 3.90. The summed E-state index contributed by atoms with van der Waals surface area (Å²) in [7, 11) is 1.59. The third-order valence-corrected chi connectivity index (χ3v) is 5.61. The molecule has 0 amide bonds. The standard InChI is InChI=1S/C24H28N6O2/c1-15(2)24(4,20-8-6-17(7-9-20)19(11-25)13-28-16(3)26)23-29-22(32-30-23)18-10-21(31-5)14-27-12-18/h6-15H,3,25-26H2,1-2,4-5H3/b19-11+,28-13-. The first-order valence-corrected chi connectivity index (χ1v) is 10.1. The number of aromatic nitrogens is 3. The fourth-order valence-electron chi connectivity index (χ4n) is 3.29. The van der Waals surface area contributed by atoms with E-state index in [-0.39, 0.29) is 11.7 Å². The van der Waals surface area contributed by atoms with Crippen molar-refractivity contribution in [1.29, 1.82) is 0 Å². The lowest BCUT2D eigenvalue weighted by molar-refractivity contribution is 0.350. The molecule has 1 aromatic carbocycles. The molecule has 32 heavy (non-hydrogen) atoms. The Morgan fingerprint density at radius 2 is 1.97 bits per heavy atom. The topological polar surface area (TPSA) is 125 Å². The van der Waals surface area contributed by atoms with Gasteiger partial charge in [-0.05, 0) is 30.0 Å². The third-order valence-electron chi connectivity index (χ3n) is 5.61. The highest BCUT2D eigenvalue weighted by Crippen LogP contribution is 2.38. The molecule has 1 atom stereocenters. The maximum atomic E-state index is 5.76. The van der Waals surface area contributed by atoms with Gasteiger partial charge in [0.05, 0.1) is 24.3 Å². The Labute approximate surface area is 187 Å². The average Bonchev–Trinajstić information content (AvgIpc) is 3.30. The quantitative estimate of drug-likeness (QED) is 0.517. The molecular weight excluding hydrogens is 404 g/mol. The summed E-state index contributed by atoms with van der Waals surface area (Å²) < 4.78 is 10.8. The lowest BCUT2D eigenvalue weighted by Crippen LogP contribution is -2.31. The fraction of sp³-hybridized carbons (Fsp3) is 0.250. The molecule has 0 spiro atoms. The van der Waals surface area contributed by atoms with Crippen LogP contribution in [0.15, 0.2) is 70.8 Å². The number of benzene rings is 1. The van der Waals surface area contributed by atoms with Gasteiger partial charge in [0.25, 0.3) is 5.89 Å². The predicted molar refractivity (Wildman–Crippen MR) is 126 cm³/mol. The average molecular weight is 433 g/mol. The normalized spacial score (nSPS) is 14.0. The van der Waals surface area contributed by atoms with E-state index in [1.165, 1.54) is 6.20 Å². The molecule has 4 N–H and O–H groups in total. The van der Waals surface area contributed by atoms with Crippen LogP contribution in [-0.4, -0.2) is 28.4 Å². The van der Waals surface area contributed by atoms with Crippen LogP contribution >= 0.6 is 0 Å². The van der Waals surface area contributed by atoms with Crippen molar-refractivity contribution in [1.82, 2.24) is 15.1 Å². The minimum Gasteiger partial charge on any atom is -0.495 e. The van der Waals surface area contributed by atoms with Crippen LogP contribution < -0.4 is 16.2 Å². The van der Waals surface area contributed by atoms with Gasteiger partial charge in [-0.25, -0.2) is 4.99 Å². The number of aliphatic imine (C=N–C) groups is 1. The smallest absolute Gasteiger partial charge is 0.259 e. The summed E-state index contributed by atoms with van der Waals surface area (Å²) in [5, 5.41) is 4.31. The SMILES string of the molecule is C=C(N)/N=C\C(=C/N)c1ccc(C(C)(c2noc(-c3cncc(OC)c3)n2)C(C)C)cc1. The molecule has 8 nitrogen and oxygen atoms in total. The molecule has 0 fully saturated rings. The fourth-order valence-corrected chi connectivity index (χ4v) is 3.29. The van der Waals surface area contributed by atoms with Crippen molar-refractivity contribution in [3.63, 3.8) is 0 Å². The van der Waals surface area contributed by atoms with Crippen molar-refractivity contribution < 1.29 is 9.26 Å². The van der Waals surface area contributed by atoms with E-state index in [0.29, 0.717) is 23.0 Å². The summed E-state index contributed by atoms with van der Waals surface area (Å²) in [5.74, 6) is 2.01. The summed E-state index contributed by atoms with van der Waals surface area (Å²) in [6.45, 7) is 9.92. The molecule has 0 aliphatic rings. The van der Waals surface area contributed by atoms with Gasteiger partial charge in [0.1, 0.15) is 11.6 Å². The zero-order chi connectivity index (χ0) is 23.3. The van der Waals surface area contributed by atoms with E-state index in [9.17, 15) is 0 Å². The van der Waals surface area contributed by atoms with Gasteiger partial charge in [-0.1, -0.05) is 49.8 Å². The monoisotopic (exact) mass is 432 g/mol. The van der Waals surface area contributed by atoms with Gasteiger partial charge >= 0.3 is 0 Å². The van der Waals surface area contributed by atoms with E-state index in [4.69, 9.17) is 25.7 Å². The van der Waals surface area contributed by atoms with Gasteiger partial charge < -0.3 is 20.7 Å². The summed E-state index contributed by atoms with van der Waals surface area (Å²) >= 11 is 0. The van der Waals surface area contributed by atoms with Crippen molar-refractivity contribution in [2.45, 2.75) is 26.2 Å². The maximum absolute atomic E-state index is 5.76. The number of nitrogens with zero attached hydrogens (tertiary/aromatic N) is 4. The first-order chi connectivity index (χ1) is 15.3. The summed E-state index contributed by atoms with van der Waals surface area (Å²) in [6.07, 6.45) is 6.36. The van der Waals surface area contributed by atoms with Gasteiger partial charge in [-0.3, -0.25) is 4.98 Å². The number of hydrogen-bond acceptors (Lipinski definition) is 8. The zero-order valence-corrected chi connectivity index (χ0v) is 18.7. The highest BCUT2D eigenvalue weighted by atomic mass is 16.5. The third kappa shape index (κ3) is 4.54. The molecule has 8 heteroatoms. The van der Waals surface area contributed by atoms with Crippen LogP contribution in [0.2, 0.25) is 0 Å². The number of allylic oxidation sites excluding steroid dienone is 1. The molecule has 0 bridgehead atoms. The highest BCUT2D eigenvalue weighted by molar-refractivity contribution is 6.09. The number of ether oxygens (including phenoxy) is 1. The van der Waals surface area contributed by atoms with E-state index in [0.717, 1.165) is 16.7 Å². The summed E-state index contributed by atoms with van der Waals surface area (Å²) in [5.41, 5.74) is 14.2. The molecule has 0 saturated carbocycles. The maximum Gasteiger partial charge on any atom is 0.259 e. The van der Waals surface area contributed by atoms with Crippen LogP contribution in [0.3, 0.4) is 0 Å². The van der Waals surface area contributed by atoms with Crippen LogP contribution in [0.4, 0.5) is 0 Å². The summed E-state index contributed by atoms with van der Waals surface area (Å²) in [4.78, 5) is 12.9. The second kappa shape index (κ2) is 9.47. The number of rotatable bonds is 8. The molecule has 0 aliphatic carbocycles. The minimum atomic E-state index is -0.487. The van der Waals surface area contributed by atoms with Gasteiger partial charge in [-0.15, -0.1) is 0 Å². The van der Waals surface area contributed by atoms with Crippen molar-refractivity contribution >= 4 is 11.8 Å². The molecule has 2 heterocycles. The van der Waals surface area contributed by atoms with E-state index < -0.39 is 5.41 Å². The van der Waals surface area contributed by atoms with E-state index in [1.807, 2.05) is 30.3 Å². The first-order valence-electron chi connectivity index (χ1n) is 10.1. The zero-order valence-electron chi connectivity index (χ0n) is 18.7. The van der Waals surface area contributed by atoms with Gasteiger partial charge in [0.15, 0.2) is 5.82 Å². The molecule has 2 aromatic heterocycles. The van der Waals surface area contributed by atoms with E-state index in [2.05, 4.69) is 42.5 Å². The molecule has 0 saturated heterocycles. The van der Waals surface area contributed by atoms with E-state index in [1.54, 1.807) is 25.7 Å². The van der Waals surface area contributed by atoms with Crippen LogP contribution in [0, 0.1) is 5.92 Å². The van der Waals surface area contributed by atoms with Gasteiger partial charge in [0.2, 0.25) is 0 Å². The van der Waals surface area contributed by atoms with Gasteiger partial charge in [0, 0.05) is 24.2 Å². The Morgan fingerprint density at radius 1 is 1.25 bits per heavy atom. The van der Waals surface area contributed by atoms with Crippen LogP contribution in [0.1, 0.15) is 37.7 Å². The Balaban J connectivity index is 1.97. The molecule has 1 unspecified atom stereocenters. The van der Waals surface area contributed by atoms with Crippen molar-refractivity contribution in [3.8, 4) is 17.2 Å². The molecular formula is C24H28N6O2. The Bertz CT molecular complexity index is 1150. The molecule has 0 aliphatic heterocycles. The molecule has 3 aromatic rings.